The van der Waals surface area contributed by atoms with E-state index in [1.54, 1.807) is 24.3 Å². The molecule has 4 N–H and O–H groups in total. The summed E-state index contributed by atoms with van der Waals surface area (Å²) < 4.78 is 5.32. The Bertz CT molecular complexity index is 505. The molecule has 7 heteroatoms. The van der Waals surface area contributed by atoms with Crippen molar-refractivity contribution in [2.75, 3.05) is 31.6 Å². The minimum absolute atomic E-state index is 0. The van der Waals surface area contributed by atoms with Gasteiger partial charge in [-0.2, -0.15) is 0 Å². The molecule has 2 rings (SSSR count). The van der Waals surface area contributed by atoms with E-state index in [9.17, 15) is 9.59 Å². The fourth-order valence-corrected chi connectivity index (χ4v) is 2.25. The van der Waals surface area contributed by atoms with E-state index < -0.39 is 0 Å². The van der Waals surface area contributed by atoms with Gasteiger partial charge in [-0.15, -0.1) is 12.4 Å². The van der Waals surface area contributed by atoms with Crippen LogP contribution in [0.3, 0.4) is 0 Å². The van der Waals surface area contributed by atoms with E-state index >= 15 is 0 Å². The lowest BCUT2D eigenvalue weighted by molar-refractivity contribution is -0.123. The van der Waals surface area contributed by atoms with Crippen LogP contribution in [0.1, 0.15) is 23.2 Å². The first-order valence-corrected chi connectivity index (χ1v) is 7.18. The highest BCUT2D eigenvalue weighted by atomic mass is 35.5. The van der Waals surface area contributed by atoms with Crippen LogP contribution in [0, 0.1) is 5.92 Å². The Hall–Kier alpha value is -1.63. The van der Waals surface area contributed by atoms with Crippen LogP contribution in [-0.2, 0) is 9.53 Å². The van der Waals surface area contributed by atoms with E-state index in [2.05, 4.69) is 10.6 Å². The van der Waals surface area contributed by atoms with Gasteiger partial charge in [-0.1, -0.05) is 12.1 Å². The molecule has 6 nitrogen and oxygen atoms in total. The first-order chi connectivity index (χ1) is 10.2. The summed E-state index contributed by atoms with van der Waals surface area (Å²) >= 11 is 0. The van der Waals surface area contributed by atoms with Gasteiger partial charge >= 0.3 is 0 Å². The van der Waals surface area contributed by atoms with Gasteiger partial charge in [-0.05, 0) is 25.0 Å². The molecular formula is C15H22ClN3O3. The number of ether oxygens (including phenoxy) is 1. The zero-order valence-electron chi connectivity index (χ0n) is 12.3. The summed E-state index contributed by atoms with van der Waals surface area (Å²) in [5, 5.41) is 5.53. The summed E-state index contributed by atoms with van der Waals surface area (Å²) in [4.78, 5) is 24.3. The van der Waals surface area contributed by atoms with E-state index in [1.165, 1.54) is 0 Å². The number of rotatable bonds is 5. The van der Waals surface area contributed by atoms with Gasteiger partial charge in [0, 0.05) is 19.7 Å². The van der Waals surface area contributed by atoms with Crippen molar-refractivity contribution in [1.29, 1.82) is 0 Å². The lowest BCUT2D eigenvalue weighted by Crippen LogP contribution is -2.32. The Morgan fingerprint density at radius 3 is 2.77 bits per heavy atom. The molecule has 0 aromatic heterocycles. The quantitative estimate of drug-likeness (QED) is 0.756. The molecule has 1 fully saturated rings. The van der Waals surface area contributed by atoms with Crippen LogP contribution in [0.5, 0.6) is 0 Å². The maximum absolute atomic E-state index is 12.2. The highest BCUT2D eigenvalue weighted by Crippen LogP contribution is 2.19. The molecular weight excluding hydrogens is 306 g/mol. The van der Waals surface area contributed by atoms with E-state index in [4.69, 9.17) is 10.5 Å². The average molecular weight is 328 g/mol. The molecule has 1 aromatic carbocycles. The topological polar surface area (TPSA) is 93.5 Å². The largest absolute Gasteiger partial charge is 0.381 e. The summed E-state index contributed by atoms with van der Waals surface area (Å²) in [6, 6.07) is 6.95. The van der Waals surface area contributed by atoms with Crippen LogP contribution in [0.25, 0.3) is 0 Å². The second-order valence-electron chi connectivity index (χ2n) is 4.99. The van der Waals surface area contributed by atoms with Crippen molar-refractivity contribution in [3.63, 3.8) is 0 Å². The van der Waals surface area contributed by atoms with E-state index in [-0.39, 0.29) is 30.1 Å². The highest BCUT2D eigenvalue weighted by Gasteiger charge is 2.23. The van der Waals surface area contributed by atoms with Crippen molar-refractivity contribution in [3.05, 3.63) is 29.8 Å². The van der Waals surface area contributed by atoms with E-state index in [1.807, 2.05) is 0 Å². The van der Waals surface area contributed by atoms with Crippen LogP contribution in [0.4, 0.5) is 5.69 Å². The molecule has 1 unspecified atom stereocenters. The molecule has 1 heterocycles. The van der Waals surface area contributed by atoms with Crippen LogP contribution in [0.2, 0.25) is 0 Å². The third kappa shape index (κ3) is 4.98. The maximum atomic E-state index is 12.2. The molecule has 1 aliphatic rings. The van der Waals surface area contributed by atoms with Crippen LogP contribution in [-0.4, -0.2) is 38.1 Å². The minimum Gasteiger partial charge on any atom is -0.381 e. The molecule has 22 heavy (non-hydrogen) atoms. The normalized spacial score (nSPS) is 17.2. The molecule has 122 valence electrons. The highest BCUT2D eigenvalue weighted by molar-refractivity contribution is 6.04. The van der Waals surface area contributed by atoms with Crippen LogP contribution >= 0.6 is 12.4 Å². The fraction of sp³-hybridized carbons (Fsp3) is 0.467. The smallest absolute Gasteiger partial charge is 0.253 e. The number of anilines is 1. The van der Waals surface area contributed by atoms with Crippen LogP contribution in [0.15, 0.2) is 24.3 Å². The van der Waals surface area contributed by atoms with Crippen molar-refractivity contribution >= 4 is 29.9 Å². The number of hydrogen-bond donors (Lipinski definition) is 3. The molecule has 2 amide bonds. The van der Waals surface area contributed by atoms with E-state index in [0.29, 0.717) is 37.6 Å². The molecule has 0 bridgehead atoms. The predicted molar refractivity (Wildman–Crippen MR) is 87.3 cm³/mol. The van der Waals surface area contributed by atoms with Crippen molar-refractivity contribution in [3.8, 4) is 0 Å². The fourth-order valence-electron chi connectivity index (χ4n) is 2.25. The first kappa shape index (κ1) is 18.4. The van der Waals surface area contributed by atoms with Gasteiger partial charge in [0.2, 0.25) is 5.91 Å². The summed E-state index contributed by atoms with van der Waals surface area (Å²) in [6.07, 6.45) is 1.70. The number of halogens is 1. The summed E-state index contributed by atoms with van der Waals surface area (Å²) in [6.45, 7) is 1.92. The Balaban J connectivity index is 0.00000242. The van der Waals surface area contributed by atoms with Crippen molar-refractivity contribution in [2.24, 2.45) is 11.7 Å². The second kappa shape index (κ2) is 9.40. The molecule has 1 atom stereocenters. The number of carbonyl (C=O) groups is 2. The zero-order valence-corrected chi connectivity index (χ0v) is 13.2. The molecule has 1 aromatic rings. The maximum Gasteiger partial charge on any atom is 0.253 e. The number of nitrogens with one attached hydrogen (secondary N) is 2. The number of para-hydroxylation sites is 1. The Morgan fingerprint density at radius 1 is 1.32 bits per heavy atom. The lowest BCUT2D eigenvalue weighted by atomic mass is 10.0. The summed E-state index contributed by atoms with van der Waals surface area (Å²) in [5.74, 6) is -0.496. The number of carbonyl (C=O) groups excluding carboxylic acids is 2. The third-order valence-corrected chi connectivity index (χ3v) is 3.39. The number of hydrogen-bond acceptors (Lipinski definition) is 4. The van der Waals surface area contributed by atoms with Gasteiger partial charge in [0.15, 0.2) is 0 Å². The monoisotopic (exact) mass is 327 g/mol. The van der Waals surface area contributed by atoms with E-state index in [0.717, 1.165) is 12.8 Å². The predicted octanol–water partition coefficient (Wildman–Crippen LogP) is 1.16. The molecule has 0 saturated carbocycles. The van der Waals surface area contributed by atoms with Crippen molar-refractivity contribution in [2.45, 2.75) is 12.8 Å². The third-order valence-electron chi connectivity index (χ3n) is 3.39. The Kier molecular flexibility index (Phi) is 7.87. The molecule has 0 radical (unpaired) electrons. The SMILES string of the molecule is Cl.NCCNC(=O)c1ccccc1NC(=O)C1CCCOC1. The lowest BCUT2D eigenvalue weighted by Gasteiger charge is -2.21. The van der Waals surface area contributed by atoms with Gasteiger partial charge in [0.05, 0.1) is 23.8 Å². The zero-order chi connectivity index (χ0) is 15.1. The second-order valence-corrected chi connectivity index (χ2v) is 4.99. The summed E-state index contributed by atoms with van der Waals surface area (Å²) in [5.41, 5.74) is 6.33. The van der Waals surface area contributed by atoms with Gasteiger partial charge in [-0.25, -0.2) is 0 Å². The molecule has 0 spiro atoms. The number of nitrogens with two attached hydrogens (primary N) is 1. The van der Waals surface area contributed by atoms with Crippen molar-refractivity contribution < 1.29 is 14.3 Å². The first-order valence-electron chi connectivity index (χ1n) is 7.18. The van der Waals surface area contributed by atoms with Gasteiger partial charge < -0.3 is 21.1 Å². The Morgan fingerprint density at radius 2 is 2.09 bits per heavy atom. The summed E-state index contributed by atoms with van der Waals surface area (Å²) in [7, 11) is 0. The number of amides is 2. The minimum atomic E-state index is -0.240. The standard InChI is InChI=1S/C15H21N3O3.ClH/c16-7-8-17-15(20)12-5-1-2-6-13(12)18-14(19)11-4-3-9-21-10-11;/h1-2,5-6,11H,3-4,7-10,16H2,(H,17,20)(H,18,19);1H. The Labute approximate surface area is 136 Å². The van der Waals surface area contributed by atoms with Crippen LogP contribution < -0.4 is 16.4 Å². The van der Waals surface area contributed by atoms with Gasteiger partial charge in [0.1, 0.15) is 0 Å². The molecule has 1 aliphatic heterocycles. The van der Waals surface area contributed by atoms with Crippen molar-refractivity contribution in [1.82, 2.24) is 5.32 Å². The molecule has 1 saturated heterocycles. The number of benzene rings is 1. The van der Waals surface area contributed by atoms with Gasteiger partial charge in [-0.3, -0.25) is 9.59 Å². The molecule has 0 aliphatic carbocycles. The van der Waals surface area contributed by atoms with Gasteiger partial charge in [0.25, 0.3) is 5.91 Å². The average Bonchev–Trinajstić information content (AvgIpc) is 2.54.